The third-order valence-corrected chi connectivity index (χ3v) is 5.19. The van der Waals surface area contributed by atoms with Crippen LogP contribution in [0.15, 0.2) is 18.2 Å². The highest BCUT2D eigenvalue weighted by atomic mass is 79.9. The average Bonchev–Trinajstić information content (AvgIpc) is 2.88. The second-order valence-electron chi connectivity index (χ2n) is 5.05. The number of hydrogen-bond donors (Lipinski definition) is 0. The summed E-state index contributed by atoms with van der Waals surface area (Å²) in [7, 11) is 0. The summed E-state index contributed by atoms with van der Waals surface area (Å²) < 4.78 is 26.7. The Bertz CT molecular complexity index is 408. The largest absolute Gasteiger partial charge is 0.207 e. The van der Waals surface area contributed by atoms with Gasteiger partial charge in [-0.3, -0.25) is 0 Å². The lowest BCUT2D eigenvalue weighted by molar-refractivity contribution is 0.466. The van der Waals surface area contributed by atoms with Gasteiger partial charge in [0.1, 0.15) is 11.6 Å². The lowest BCUT2D eigenvalue weighted by Gasteiger charge is -2.19. The highest BCUT2D eigenvalue weighted by molar-refractivity contribution is 9.09. The molecule has 0 nitrogen and oxygen atoms in total. The van der Waals surface area contributed by atoms with E-state index < -0.39 is 0 Å². The van der Waals surface area contributed by atoms with Gasteiger partial charge in [-0.05, 0) is 55.2 Å². The summed E-state index contributed by atoms with van der Waals surface area (Å²) in [6.45, 7) is 0. The topological polar surface area (TPSA) is 0 Å². The molecule has 3 rings (SSSR count). The monoisotopic (exact) mass is 286 g/mol. The van der Waals surface area contributed by atoms with Crippen molar-refractivity contribution in [2.75, 3.05) is 0 Å². The van der Waals surface area contributed by atoms with Crippen LogP contribution in [0.1, 0.15) is 29.7 Å². The van der Waals surface area contributed by atoms with E-state index in [1.807, 2.05) is 0 Å². The molecule has 0 aliphatic heterocycles. The molecular weight excluding hydrogens is 274 g/mol. The van der Waals surface area contributed by atoms with Crippen LogP contribution in [0.3, 0.4) is 0 Å². The summed E-state index contributed by atoms with van der Waals surface area (Å²) in [4.78, 5) is -0.0315. The molecule has 3 unspecified atom stereocenters. The smallest absolute Gasteiger partial charge is 0.127 e. The van der Waals surface area contributed by atoms with Crippen LogP contribution in [0.25, 0.3) is 0 Å². The minimum Gasteiger partial charge on any atom is -0.207 e. The molecule has 0 N–H and O–H groups in total. The summed E-state index contributed by atoms with van der Waals surface area (Å²) in [5, 5.41) is 0. The molecule has 2 fully saturated rings. The molecule has 1 aromatic rings. The zero-order chi connectivity index (χ0) is 11.3. The van der Waals surface area contributed by atoms with Crippen LogP contribution in [-0.2, 0) is 0 Å². The van der Waals surface area contributed by atoms with Gasteiger partial charge in [0.25, 0.3) is 0 Å². The summed E-state index contributed by atoms with van der Waals surface area (Å²) in [5.41, 5.74) is 0.478. The van der Waals surface area contributed by atoms with Crippen LogP contribution in [0.4, 0.5) is 8.78 Å². The summed E-state index contributed by atoms with van der Waals surface area (Å²) >= 11 is 3.54. The highest BCUT2D eigenvalue weighted by Crippen LogP contribution is 2.58. The van der Waals surface area contributed by atoms with E-state index in [0.717, 1.165) is 24.7 Å². The van der Waals surface area contributed by atoms with Gasteiger partial charge in [0.15, 0.2) is 0 Å². The maximum absolute atomic E-state index is 13.6. The fraction of sp³-hybridized carbons (Fsp3) is 0.538. The summed E-state index contributed by atoms with van der Waals surface area (Å²) in [6, 6.07) is 3.71. The lowest BCUT2D eigenvalue weighted by atomic mass is 9.94. The molecule has 2 aliphatic carbocycles. The van der Waals surface area contributed by atoms with Gasteiger partial charge in [-0.1, -0.05) is 15.9 Å². The minimum atomic E-state index is -0.357. The number of hydrogen-bond acceptors (Lipinski definition) is 0. The quantitative estimate of drug-likeness (QED) is 0.705. The first kappa shape index (κ1) is 10.7. The highest BCUT2D eigenvalue weighted by Gasteiger charge is 2.47. The van der Waals surface area contributed by atoms with Crippen molar-refractivity contribution in [1.29, 1.82) is 0 Å². The molecule has 16 heavy (non-hydrogen) atoms. The fourth-order valence-electron chi connectivity index (χ4n) is 2.98. The Labute approximate surface area is 102 Å². The van der Waals surface area contributed by atoms with Crippen molar-refractivity contribution in [1.82, 2.24) is 0 Å². The second kappa shape index (κ2) is 3.80. The van der Waals surface area contributed by atoms with Crippen LogP contribution in [-0.4, -0.2) is 0 Å². The van der Waals surface area contributed by atoms with Crippen LogP contribution in [0.5, 0.6) is 0 Å². The molecule has 86 valence electrons. The van der Waals surface area contributed by atoms with E-state index in [2.05, 4.69) is 15.9 Å². The molecule has 0 radical (unpaired) electrons. The second-order valence-corrected chi connectivity index (χ2v) is 6.04. The molecule has 1 aromatic carbocycles. The van der Waals surface area contributed by atoms with Crippen LogP contribution in [0, 0.1) is 29.4 Å². The van der Waals surface area contributed by atoms with Gasteiger partial charge in [0.2, 0.25) is 0 Å². The number of halogens is 3. The normalized spacial score (nSPS) is 33.6. The molecule has 3 atom stereocenters. The third kappa shape index (κ3) is 1.79. The van der Waals surface area contributed by atoms with E-state index in [1.54, 1.807) is 0 Å². The molecule has 0 spiro atoms. The summed E-state index contributed by atoms with van der Waals surface area (Å²) in [6.07, 6.45) is 3.68. The first-order valence-electron chi connectivity index (χ1n) is 5.74. The van der Waals surface area contributed by atoms with Gasteiger partial charge in [0.05, 0.1) is 0 Å². The van der Waals surface area contributed by atoms with Crippen molar-refractivity contribution in [3.05, 3.63) is 35.4 Å². The van der Waals surface area contributed by atoms with E-state index >= 15 is 0 Å². The maximum atomic E-state index is 13.6. The van der Waals surface area contributed by atoms with E-state index in [9.17, 15) is 8.78 Å². The van der Waals surface area contributed by atoms with Gasteiger partial charge in [-0.15, -0.1) is 0 Å². The van der Waals surface area contributed by atoms with Crippen LogP contribution in [0.2, 0.25) is 0 Å². The Balaban J connectivity index is 1.82. The molecular formula is C13H13BrF2. The molecule has 0 heterocycles. The Morgan fingerprint density at radius 3 is 2.50 bits per heavy atom. The molecule has 0 amide bonds. The van der Waals surface area contributed by atoms with Crippen molar-refractivity contribution < 1.29 is 8.78 Å². The van der Waals surface area contributed by atoms with Gasteiger partial charge < -0.3 is 0 Å². The molecule has 0 saturated heterocycles. The van der Waals surface area contributed by atoms with Crippen molar-refractivity contribution in [2.45, 2.75) is 24.1 Å². The molecule has 3 heteroatoms. The van der Waals surface area contributed by atoms with Crippen molar-refractivity contribution in [3.8, 4) is 0 Å². The Kier molecular flexibility index (Phi) is 2.54. The summed E-state index contributed by atoms with van der Waals surface area (Å²) in [5.74, 6) is 1.54. The van der Waals surface area contributed by atoms with Crippen molar-refractivity contribution >= 4 is 15.9 Å². The van der Waals surface area contributed by atoms with Gasteiger partial charge in [-0.25, -0.2) is 8.78 Å². The van der Waals surface area contributed by atoms with Gasteiger partial charge in [0, 0.05) is 10.4 Å². The van der Waals surface area contributed by atoms with Gasteiger partial charge >= 0.3 is 0 Å². The number of rotatable bonds is 2. The fourth-order valence-corrected chi connectivity index (χ4v) is 3.76. The molecule has 2 saturated carbocycles. The Hall–Kier alpha value is -0.440. The number of alkyl halides is 1. The molecule has 0 bridgehead atoms. The number of benzene rings is 1. The van der Waals surface area contributed by atoms with E-state index in [1.165, 1.54) is 24.6 Å². The molecule has 2 aliphatic rings. The SMILES string of the molecule is Fc1ccc(F)c(C(Br)C2CC3CC3C2)c1. The number of fused-ring (bicyclic) bond motifs is 1. The standard InChI is InChI=1S/C13H13BrF2/c14-13(9-4-7-3-8(7)5-9)11-6-10(15)1-2-12(11)16/h1-2,6-9,13H,3-5H2. The zero-order valence-corrected chi connectivity index (χ0v) is 10.4. The van der Waals surface area contributed by atoms with E-state index in [4.69, 9.17) is 0 Å². The minimum absolute atomic E-state index is 0.0315. The lowest BCUT2D eigenvalue weighted by Crippen LogP contribution is -2.07. The predicted octanol–water partition coefficient (Wildman–Crippen LogP) is 4.45. The average molecular weight is 287 g/mol. The van der Waals surface area contributed by atoms with Crippen molar-refractivity contribution in [2.24, 2.45) is 17.8 Å². The third-order valence-electron chi connectivity index (χ3n) is 3.95. The van der Waals surface area contributed by atoms with Gasteiger partial charge in [-0.2, -0.15) is 0 Å². The van der Waals surface area contributed by atoms with Crippen LogP contribution < -0.4 is 0 Å². The predicted molar refractivity (Wildman–Crippen MR) is 62.3 cm³/mol. The van der Waals surface area contributed by atoms with Crippen molar-refractivity contribution in [3.63, 3.8) is 0 Å². The first-order chi connectivity index (χ1) is 7.65. The molecule has 0 aromatic heterocycles. The first-order valence-corrected chi connectivity index (χ1v) is 6.65. The Morgan fingerprint density at radius 2 is 1.81 bits per heavy atom. The Morgan fingerprint density at radius 1 is 1.12 bits per heavy atom. The maximum Gasteiger partial charge on any atom is 0.127 e. The van der Waals surface area contributed by atoms with Crippen LogP contribution >= 0.6 is 15.9 Å². The van der Waals surface area contributed by atoms with E-state index in [-0.39, 0.29) is 16.5 Å². The zero-order valence-electron chi connectivity index (χ0n) is 8.80. The van der Waals surface area contributed by atoms with E-state index in [0.29, 0.717) is 11.5 Å².